The minimum absolute atomic E-state index is 0.0197. The van der Waals surface area contributed by atoms with Gasteiger partial charge in [0.2, 0.25) is 5.91 Å². The van der Waals surface area contributed by atoms with Gasteiger partial charge in [-0.1, -0.05) is 0 Å². The normalized spacial score (nSPS) is 20.2. The van der Waals surface area contributed by atoms with E-state index >= 15 is 4.39 Å². The highest BCUT2D eigenvalue weighted by molar-refractivity contribution is 6.04. The number of anilines is 2. The molecule has 6 rings (SSSR count). The minimum atomic E-state index is -4.63. The predicted molar refractivity (Wildman–Crippen MR) is 139 cm³/mol. The second kappa shape index (κ2) is 10.3. The fraction of sp³-hybridized carbons (Fsp3) is 0.296. The molecule has 218 valence electrons. The summed E-state index contributed by atoms with van der Waals surface area (Å²) in [5.41, 5.74) is 5.39. The number of nitrogen functional groups attached to an aromatic ring is 1. The summed E-state index contributed by atoms with van der Waals surface area (Å²) in [5, 5.41) is 11.9. The third-order valence-corrected chi connectivity index (χ3v) is 7.53. The highest BCUT2D eigenvalue weighted by Gasteiger charge is 2.48. The molecule has 2 saturated heterocycles. The maximum absolute atomic E-state index is 15.6. The monoisotopic (exact) mass is 585 g/mol. The van der Waals surface area contributed by atoms with Gasteiger partial charge in [0.05, 0.1) is 30.9 Å². The van der Waals surface area contributed by atoms with Crippen molar-refractivity contribution in [2.75, 3.05) is 30.9 Å². The van der Waals surface area contributed by atoms with Crippen LogP contribution >= 0.6 is 0 Å². The highest BCUT2D eigenvalue weighted by Crippen LogP contribution is 2.44. The second-order valence-electron chi connectivity index (χ2n) is 10.0. The Labute approximate surface area is 235 Å². The van der Waals surface area contributed by atoms with Crippen LogP contribution in [-0.4, -0.2) is 67.0 Å². The summed E-state index contributed by atoms with van der Waals surface area (Å²) in [6.07, 6.45) is -0.192. The molecule has 2 fully saturated rings. The molecule has 3 aromatic heterocycles. The summed E-state index contributed by atoms with van der Waals surface area (Å²) < 4.78 is 61.8. The number of amides is 2. The Bertz CT molecular complexity index is 1710. The lowest BCUT2D eigenvalue weighted by Crippen LogP contribution is -2.41. The van der Waals surface area contributed by atoms with E-state index in [-0.39, 0.29) is 45.9 Å². The summed E-state index contributed by atoms with van der Waals surface area (Å²) in [4.78, 5) is 39.6. The minimum Gasteiger partial charge on any atom is -0.387 e. The summed E-state index contributed by atoms with van der Waals surface area (Å²) in [6, 6.07) is 4.15. The second-order valence-corrected chi connectivity index (χ2v) is 10.0. The zero-order chi connectivity index (χ0) is 29.8. The zero-order valence-corrected chi connectivity index (χ0v) is 21.7. The van der Waals surface area contributed by atoms with Crippen LogP contribution in [0.25, 0.3) is 16.8 Å². The number of fused-ring (bicyclic) bond motifs is 2. The van der Waals surface area contributed by atoms with Gasteiger partial charge in [-0.25, -0.2) is 19.3 Å². The van der Waals surface area contributed by atoms with E-state index in [2.05, 4.69) is 15.3 Å². The molecule has 0 saturated carbocycles. The number of pyridine rings is 1. The third-order valence-electron chi connectivity index (χ3n) is 7.53. The Hall–Kier alpha value is -4.63. The van der Waals surface area contributed by atoms with Crippen LogP contribution in [0.1, 0.15) is 34.2 Å². The SMILES string of the molecule is Nc1nccn2c([C@@H]3C[C@H]4COC[C@H]4N3C(=O)CO)nc(-c3ccc(C(=O)Nc4cc(C(F)(F)F)ccn4)cc3F)c12. The van der Waals surface area contributed by atoms with Crippen LogP contribution in [0.15, 0.2) is 48.9 Å². The lowest BCUT2D eigenvalue weighted by atomic mass is 10.0. The number of nitrogens with one attached hydrogen (secondary N) is 1. The molecular formula is C27H23F4N7O4. The van der Waals surface area contributed by atoms with Crippen molar-refractivity contribution in [1.82, 2.24) is 24.3 Å². The number of alkyl halides is 3. The molecule has 1 aromatic carbocycles. The number of carbonyl (C=O) groups excluding carboxylic acids is 2. The van der Waals surface area contributed by atoms with Gasteiger partial charge >= 0.3 is 6.18 Å². The zero-order valence-electron chi connectivity index (χ0n) is 21.7. The Morgan fingerprint density at radius 2 is 1.95 bits per heavy atom. The van der Waals surface area contributed by atoms with Crippen LogP contribution < -0.4 is 11.1 Å². The Kier molecular flexibility index (Phi) is 6.77. The molecule has 5 heterocycles. The lowest BCUT2D eigenvalue weighted by molar-refractivity contribution is -0.138. The maximum Gasteiger partial charge on any atom is 0.416 e. The van der Waals surface area contributed by atoms with Crippen LogP contribution in [0.4, 0.5) is 29.2 Å². The summed E-state index contributed by atoms with van der Waals surface area (Å²) in [7, 11) is 0. The molecule has 3 atom stereocenters. The van der Waals surface area contributed by atoms with E-state index in [0.29, 0.717) is 31.5 Å². The average molecular weight is 586 g/mol. The summed E-state index contributed by atoms with van der Waals surface area (Å²) in [6.45, 7) is 0.0686. The van der Waals surface area contributed by atoms with Gasteiger partial charge < -0.3 is 25.8 Å². The van der Waals surface area contributed by atoms with Crippen molar-refractivity contribution in [2.45, 2.75) is 24.7 Å². The molecule has 4 aromatic rings. The fourth-order valence-corrected chi connectivity index (χ4v) is 5.64. The largest absolute Gasteiger partial charge is 0.416 e. The fourth-order valence-electron chi connectivity index (χ4n) is 5.64. The van der Waals surface area contributed by atoms with Crippen molar-refractivity contribution < 1.29 is 37.0 Å². The number of nitrogens with zero attached hydrogens (tertiary/aromatic N) is 5. The smallest absolute Gasteiger partial charge is 0.387 e. The number of ether oxygens (including phenoxy) is 1. The van der Waals surface area contributed by atoms with Crippen molar-refractivity contribution in [3.05, 3.63) is 71.7 Å². The number of hydrogen-bond donors (Lipinski definition) is 3. The van der Waals surface area contributed by atoms with E-state index in [0.717, 1.165) is 18.3 Å². The van der Waals surface area contributed by atoms with Crippen molar-refractivity contribution in [3.63, 3.8) is 0 Å². The Morgan fingerprint density at radius 1 is 1.14 bits per heavy atom. The molecule has 0 unspecified atom stereocenters. The number of likely N-dealkylation sites (tertiary alicyclic amines) is 1. The topological polar surface area (TPSA) is 148 Å². The first-order chi connectivity index (χ1) is 20.1. The van der Waals surface area contributed by atoms with E-state index in [1.54, 1.807) is 15.5 Å². The third kappa shape index (κ3) is 4.69. The molecular weight excluding hydrogens is 562 g/mol. The molecule has 15 heteroatoms. The molecule has 2 aliphatic heterocycles. The first-order valence-corrected chi connectivity index (χ1v) is 12.8. The first-order valence-electron chi connectivity index (χ1n) is 12.8. The number of rotatable bonds is 5. The van der Waals surface area contributed by atoms with Crippen molar-refractivity contribution in [1.29, 1.82) is 0 Å². The number of halogens is 4. The van der Waals surface area contributed by atoms with Gasteiger partial charge in [0.25, 0.3) is 5.91 Å². The number of benzene rings is 1. The van der Waals surface area contributed by atoms with E-state index in [4.69, 9.17) is 15.5 Å². The Morgan fingerprint density at radius 3 is 2.69 bits per heavy atom. The number of aromatic nitrogens is 4. The molecule has 0 radical (unpaired) electrons. The quantitative estimate of drug-likeness (QED) is 0.303. The standard InChI is InChI=1S/C27H23F4N7O4/c28-17-7-13(26(41)35-20-9-15(3-4-33-20)27(29,30)31)1-2-16(17)22-23-24(32)34-5-6-37(23)25(36-22)18-8-14-11-42-12-19(14)38(18)21(40)10-39/h1-7,9,14,18-19,39H,8,10-12H2,(H2,32,34)(H,33,35,41)/t14-,18-,19+/m0/s1. The average Bonchev–Trinajstić information content (AvgIpc) is 3.66. The first kappa shape index (κ1) is 27.5. The van der Waals surface area contributed by atoms with Crippen LogP contribution in [0.3, 0.4) is 0 Å². The van der Waals surface area contributed by atoms with Gasteiger partial charge in [-0.2, -0.15) is 13.2 Å². The maximum atomic E-state index is 15.6. The van der Waals surface area contributed by atoms with E-state index < -0.39 is 42.0 Å². The van der Waals surface area contributed by atoms with Crippen LogP contribution in [-0.2, 0) is 15.7 Å². The van der Waals surface area contributed by atoms with Gasteiger partial charge in [-0.3, -0.25) is 14.0 Å². The van der Waals surface area contributed by atoms with Gasteiger partial charge in [0, 0.05) is 35.6 Å². The van der Waals surface area contributed by atoms with Gasteiger partial charge in [0.15, 0.2) is 0 Å². The summed E-state index contributed by atoms with van der Waals surface area (Å²) >= 11 is 0. The lowest BCUT2D eigenvalue weighted by Gasteiger charge is -2.28. The Balaban J connectivity index is 1.36. The predicted octanol–water partition coefficient (Wildman–Crippen LogP) is 3.06. The summed E-state index contributed by atoms with van der Waals surface area (Å²) in [5.74, 6) is -2.10. The van der Waals surface area contributed by atoms with Crippen LogP contribution in [0, 0.1) is 11.7 Å². The number of hydrogen-bond acceptors (Lipinski definition) is 8. The number of nitrogens with two attached hydrogens (primary N) is 1. The number of carbonyl (C=O) groups is 2. The van der Waals surface area contributed by atoms with E-state index in [9.17, 15) is 27.9 Å². The molecule has 0 spiro atoms. The molecule has 0 aliphatic carbocycles. The van der Waals surface area contributed by atoms with E-state index in [1.807, 2.05) is 0 Å². The molecule has 0 bridgehead atoms. The van der Waals surface area contributed by atoms with Crippen LogP contribution in [0.5, 0.6) is 0 Å². The molecule has 2 amide bonds. The van der Waals surface area contributed by atoms with Crippen molar-refractivity contribution >= 4 is 29.0 Å². The van der Waals surface area contributed by atoms with Gasteiger partial charge in [-0.15, -0.1) is 0 Å². The number of aliphatic hydroxyl groups is 1. The molecule has 11 nitrogen and oxygen atoms in total. The van der Waals surface area contributed by atoms with Crippen molar-refractivity contribution in [2.24, 2.45) is 5.92 Å². The molecule has 42 heavy (non-hydrogen) atoms. The highest BCUT2D eigenvalue weighted by atomic mass is 19.4. The van der Waals surface area contributed by atoms with Crippen LogP contribution in [0.2, 0.25) is 0 Å². The van der Waals surface area contributed by atoms with Crippen molar-refractivity contribution in [3.8, 4) is 11.3 Å². The molecule has 4 N–H and O–H groups in total. The number of imidazole rings is 1. The van der Waals surface area contributed by atoms with Gasteiger partial charge in [-0.05, 0) is 36.8 Å². The van der Waals surface area contributed by atoms with Gasteiger partial charge in [0.1, 0.15) is 41.1 Å². The molecule has 2 aliphatic rings. The number of aliphatic hydroxyl groups excluding tert-OH is 1. The van der Waals surface area contributed by atoms with E-state index in [1.165, 1.54) is 18.3 Å².